The number of hydrogen-bond donors (Lipinski definition) is 1. The molecule has 2 aromatic carbocycles. The molecule has 30 heavy (non-hydrogen) atoms. The van der Waals surface area contributed by atoms with E-state index in [1.165, 1.54) is 25.1 Å². The van der Waals surface area contributed by atoms with Crippen molar-refractivity contribution in [3.8, 4) is 0 Å². The highest BCUT2D eigenvalue weighted by molar-refractivity contribution is 5.97. The van der Waals surface area contributed by atoms with Crippen molar-refractivity contribution in [1.29, 1.82) is 0 Å². The smallest absolute Gasteiger partial charge is 0.416 e. The molecule has 0 unspecified atom stereocenters. The van der Waals surface area contributed by atoms with Crippen molar-refractivity contribution in [3.05, 3.63) is 70.8 Å². The third kappa shape index (κ3) is 6.20. The van der Waals surface area contributed by atoms with Crippen LogP contribution < -0.4 is 5.32 Å². The van der Waals surface area contributed by atoms with Crippen LogP contribution in [0.25, 0.3) is 6.08 Å². The third-order valence-corrected chi connectivity index (χ3v) is 4.49. The molecule has 7 heteroatoms. The molecule has 1 amide bonds. The third-order valence-electron chi connectivity index (χ3n) is 4.49. The lowest BCUT2D eigenvalue weighted by atomic mass is 9.98. The summed E-state index contributed by atoms with van der Waals surface area (Å²) in [5.41, 5.74) is 2.20. The molecule has 0 heterocycles. The molecular formula is C23H24F3NO3. The predicted octanol–water partition coefficient (Wildman–Crippen LogP) is 5.72. The Hall–Kier alpha value is -3.09. The lowest BCUT2D eigenvalue weighted by Gasteiger charge is -2.18. The summed E-state index contributed by atoms with van der Waals surface area (Å²) < 4.78 is 42.8. The summed E-state index contributed by atoms with van der Waals surface area (Å²) in [5, 5.41) is 2.81. The van der Waals surface area contributed by atoms with Crippen LogP contribution in [0.3, 0.4) is 0 Å². The summed E-state index contributed by atoms with van der Waals surface area (Å²) in [6.07, 6.45) is -3.07. The molecular weight excluding hydrogens is 395 g/mol. The number of alkyl halides is 3. The molecule has 4 nitrogen and oxygen atoms in total. The Bertz CT molecular complexity index is 932. The molecule has 0 aliphatic rings. The van der Waals surface area contributed by atoms with Crippen molar-refractivity contribution >= 4 is 23.6 Å². The number of rotatable bonds is 6. The Balaban J connectivity index is 1.99. The second kappa shape index (κ2) is 9.61. The van der Waals surface area contributed by atoms with E-state index in [-0.39, 0.29) is 5.92 Å². The van der Waals surface area contributed by atoms with Crippen molar-refractivity contribution in [2.45, 2.75) is 45.9 Å². The first-order valence-electron chi connectivity index (χ1n) is 9.45. The van der Waals surface area contributed by atoms with Crippen LogP contribution in [-0.2, 0) is 20.5 Å². The highest BCUT2D eigenvalue weighted by Gasteiger charge is 2.29. The molecule has 0 bridgehead atoms. The van der Waals surface area contributed by atoms with E-state index in [9.17, 15) is 22.8 Å². The van der Waals surface area contributed by atoms with Crippen LogP contribution in [0.15, 0.2) is 48.5 Å². The van der Waals surface area contributed by atoms with Gasteiger partial charge in [-0.1, -0.05) is 44.2 Å². The van der Waals surface area contributed by atoms with E-state index in [1.807, 2.05) is 39.0 Å². The molecule has 0 fully saturated rings. The first-order chi connectivity index (χ1) is 14.0. The Morgan fingerprint density at radius 1 is 1.03 bits per heavy atom. The molecule has 0 aliphatic heterocycles. The van der Waals surface area contributed by atoms with Gasteiger partial charge in [-0.2, -0.15) is 13.2 Å². The number of esters is 1. The number of para-hydroxylation sites is 1. The zero-order chi connectivity index (χ0) is 22.5. The summed E-state index contributed by atoms with van der Waals surface area (Å²) >= 11 is 0. The molecule has 0 saturated carbocycles. The Kier molecular flexibility index (Phi) is 7.43. The quantitative estimate of drug-likeness (QED) is 0.481. The van der Waals surface area contributed by atoms with E-state index in [1.54, 1.807) is 0 Å². The summed E-state index contributed by atoms with van der Waals surface area (Å²) in [4.78, 5) is 24.4. The van der Waals surface area contributed by atoms with Gasteiger partial charge in [-0.15, -0.1) is 0 Å². The molecule has 2 aromatic rings. The summed E-state index contributed by atoms with van der Waals surface area (Å²) in [6, 6.07) is 10.1. The molecule has 0 aliphatic carbocycles. The Morgan fingerprint density at radius 2 is 1.67 bits per heavy atom. The van der Waals surface area contributed by atoms with Gasteiger partial charge >= 0.3 is 12.1 Å². The van der Waals surface area contributed by atoms with Crippen LogP contribution in [0.1, 0.15) is 48.9 Å². The highest BCUT2D eigenvalue weighted by atomic mass is 19.4. The first kappa shape index (κ1) is 23.2. The molecule has 160 valence electrons. The maximum absolute atomic E-state index is 12.6. The van der Waals surface area contributed by atoms with Gasteiger partial charge in [-0.25, -0.2) is 4.79 Å². The average molecular weight is 419 g/mol. The average Bonchev–Trinajstić information content (AvgIpc) is 2.67. The standard InChI is InChI=1S/C23H24F3NO3/c1-14(2)19-7-5-6-15(3)21(19)27-22(29)16(4)30-20(28)13-10-17-8-11-18(12-9-17)23(24,25)26/h5-14,16H,1-4H3,(H,27,29)/b13-10+/t16-/m1/s1. The molecule has 0 aromatic heterocycles. The van der Waals surface area contributed by atoms with E-state index in [0.717, 1.165) is 29.3 Å². The maximum Gasteiger partial charge on any atom is 0.416 e. The minimum Gasteiger partial charge on any atom is -0.449 e. The number of aryl methyl sites for hydroxylation is 1. The largest absolute Gasteiger partial charge is 0.449 e. The van der Waals surface area contributed by atoms with Crippen LogP contribution >= 0.6 is 0 Å². The van der Waals surface area contributed by atoms with E-state index < -0.39 is 29.7 Å². The van der Waals surface area contributed by atoms with E-state index in [0.29, 0.717) is 11.3 Å². The van der Waals surface area contributed by atoms with Crippen LogP contribution in [0, 0.1) is 6.92 Å². The van der Waals surface area contributed by atoms with Gasteiger partial charge in [0.25, 0.3) is 5.91 Å². The number of amides is 1. The van der Waals surface area contributed by atoms with Gasteiger partial charge in [0.1, 0.15) is 0 Å². The summed E-state index contributed by atoms with van der Waals surface area (Å²) in [6.45, 7) is 7.36. The van der Waals surface area contributed by atoms with E-state index in [4.69, 9.17) is 4.74 Å². The number of nitrogens with one attached hydrogen (secondary N) is 1. The molecule has 0 spiro atoms. The minimum absolute atomic E-state index is 0.199. The first-order valence-corrected chi connectivity index (χ1v) is 9.45. The van der Waals surface area contributed by atoms with Crippen molar-refractivity contribution in [2.24, 2.45) is 0 Å². The van der Waals surface area contributed by atoms with Gasteiger partial charge < -0.3 is 10.1 Å². The maximum atomic E-state index is 12.6. The molecule has 2 rings (SSSR count). The predicted molar refractivity (Wildman–Crippen MR) is 110 cm³/mol. The van der Waals surface area contributed by atoms with E-state index in [2.05, 4.69) is 5.32 Å². The van der Waals surface area contributed by atoms with Crippen molar-refractivity contribution < 1.29 is 27.5 Å². The van der Waals surface area contributed by atoms with Crippen molar-refractivity contribution in [2.75, 3.05) is 5.32 Å². The highest BCUT2D eigenvalue weighted by Crippen LogP contribution is 2.29. The number of halogens is 3. The molecule has 0 radical (unpaired) electrons. The summed E-state index contributed by atoms with van der Waals surface area (Å²) in [7, 11) is 0. The SMILES string of the molecule is Cc1cccc(C(C)C)c1NC(=O)[C@@H](C)OC(=O)/C=C/c1ccc(C(F)(F)F)cc1. The topological polar surface area (TPSA) is 55.4 Å². The Labute approximate surface area is 173 Å². The van der Waals surface area contributed by atoms with Gasteiger partial charge in [-0.3, -0.25) is 4.79 Å². The van der Waals surface area contributed by atoms with Crippen LogP contribution in [0.5, 0.6) is 0 Å². The monoisotopic (exact) mass is 419 g/mol. The van der Waals surface area contributed by atoms with Crippen LogP contribution in [0.2, 0.25) is 0 Å². The molecule has 1 atom stereocenters. The normalized spacial score (nSPS) is 12.8. The zero-order valence-corrected chi connectivity index (χ0v) is 17.2. The lowest BCUT2D eigenvalue weighted by Crippen LogP contribution is -2.30. The van der Waals surface area contributed by atoms with Gasteiger partial charge in [0.15, 0.2) is 6.10 Å². The van der Waals surface area contributed by atoms with Crippen molar-refractivity contribution in [3.63, 3.8) is 0 Å². The number of carbonyl (C=O) groups is 2. The molecule has 0 saturated heterocycles. The number of carbonyl (C=O) groups excluding carboxylic acids is 2. The fourth-order valence-corrected chi connectivity index (χ4v) is 2.78. The lowest BCUT2D eigenvalue weighted by molar-refractivity contribution is -0.148. The fraction of sp³-hybridized carbons (Fsp3) is 0.304. The minimum atomic E-state index is -4.42. The van der Waals surface area contributed by atoms with Crippen molar-refractivity contribution in [1.82, 2.24) is 0 Å². The van der Waals surface area contributed by atoms with Gasteiger partial charge in [0.2, 0.25) is 0 Å². The number of anilines is 1. The summed E-state index contributed by atoms with van der Waals surface area (Å²) in [5.74, 6) is -1.04. The van der Waals surface area contributed by atoms with Crippen LogP contribution in [-0.4, -0.2) is 18.0 Å². The van der Waals surface area contributed by atoms with Gasteiger partial charge in [0.05, 0.1) is 5.56 Å². The van der Waals surface area contributed by atoms with E-state index >= 15 is 0 Å². The van der Waals surface area contributed by atoms with Gasteiger partial charge in [-0.05, 0) is 54.7 Å². The number of benzene rings is 2. The number of hydrogen-bond acceptors (Lipinski definition) is 3. The Morgan fingerprint density at radius 3 is 2.23 bits per heavy atom. The second-order valence-electron chi connectivity index (χ2n) is 7.22. The van der Waals surface area contributed by atoms with Crippen LogP contribution in [0.4, 0.5) is 18.9 Å². The fourth-order valence-electron chi connectivity index (χ4n) is 2.78. The van der Waals surface area contributed by atoms with Gasteiger partial charge in [0, 0.05) is 11.8 Å². The second-order valence-corrected chi connectivity index (χ2v) is 7.22. The zero-order valence-electron chi connectivity index (χ0n) is 17.2. The molecule has 1 N–H and O–H groups in total. The number of ether oxygens (including phenoxy) is 1.